The molecule has 0 aliphatic heterocycles. The number of hydrogen-bond donors (Lipinski definition) is 2. The molecular weight excluding hydrogens is 252 g/mol. The molecule has 5 nitrogen and oxygen atoms in total. The Bertz CT molecular complexity index is 785. The van der Waals surface area contributed by atoms with E-state index >= 15 is 0 Å². The predicted molar refractivity (Wildman–Crippen MR) is 78.3 cm³/mol. The Hall–Kier alpha value is -2.95. The van der Waals surface area contributed by atoms with Crippen molar-refractivity contribution in [3.05, 3.63) is 60.4 Å². The van der Waals surface area contributed by atoms with Crippen molar-refractivity contribution < 1.29 is 4.79 Å². The average Bonchev–Trinajstić information content (AvgIpc) is 2.49. The van der Waals surface area contributed by atoms with Crippen LogP contribution in [0.3, 0.4) is 0 Å². The van der Waals surface area contributed by atoms with Crippen LogP contribution in [0.15, 0.2) is 54.7 Å². The number of rotatable bonds is 2. The Balaban J connectivity index is 1.91. The van der Waals surface area contributed by atoms with E-state index in [0.717, 1.165) is 5.52 Å². The topological polar surface area (TPSA) is 80.9 Å². The number of benzene rings is 2. The van der Waals surface area contributed by atoms with E-state index in [0.29, 0.717) is 16.9 Å². The first-order chi connectivity index (χ1) is 9.74. The van der Waals surface area contributed by atoms with Crippen LogP contribution in [0, 0.1) is 0 Å². The van der Waals surface area contributed by atoms with Gasteiger partial charge in [-0.1, -0.05) is 24.3 Å². The quantitative estimate of drug-likeness (QED) is 0.697. The van der Waals surface area contributed by atoms with E-state index in [2.05, 4.69) is 15.3 Å². The van der Waals surface area contributed by atoms with E-state index in [-0.39, 0.29) is 11.6 Å². The number of carbonyl (C=O) groups excluding carboxylic acids is 1. The van der Waals surface area contributed by atoms with Crippen LogP contribution in [0.2, 0.25) is 0 Å². The number of nitrogens with zero attached hydrogens (tertiary/aromatic N) is 2. The summed E-state index contributed by atoms with van der Waals surface area (Å²) < 4.78 is 0. The summed E-state index contributed by atoms with van der Waals surface area (Å²) in [5, 5.41) is 2.72. The Morgan fingerprint density at radius 3 is 2.50 bits per heavy atom. The minimum absolute atomic E-state index is 0.256. The van der Waals surface area contributed by atoms with Crippen LogP contribution in [-0.2, 0) is 0 Å². The van der Waals surface area contributed by atoms with E-state index in [1.54, 1.807) is 24.3 Å². The lowest BCUT2D eigenvalue weighted by atomic mass is 10.2. The Morgan fingerprint density at radius 1 is 1.00 bits per heavy atom. The molecule has 5 heteroatoms. The molecule has 98 valence electrons. The average molecular weight is 264 g/mol. The maximum Gasteiger partial charge on any atom is 0.275 e. The van der Waals surface area contributed by atoms with Gasteiger partial charge in [0.1, 0.15) is 5.69 Å². The molecule has 0 atom stereocenters. The number of hydrogen-bond acceptors (Lipinski definition) is 4. The third kappa shape index (κ3) is 2.29. The standard InChI is InChI=1S/C15H12N4O/c16-10-5-1-2-6-11(10)19-15(20)14-9-17-12-7-3-4-8-13(12)18-14/h1-9H,16H2,(H,19,20). The highest BCUT2D eigenvalue weighted by Crippen LogP contribution is 2.17. The van der Waals surface area contributed by atoms with Gasteiger partial charge in [-0.3, -0.25) is 9.78 Å². The van der Waals surface area contributed by atoms with E-state index in [1.807, 2.05) is 24.3 Å². The number of nitrogens with one attached hydrogen (secondary N) is 1. The van der Waals surface area contributed by atoms with E-state index in [4.69, 9.17) is 5.73 Å². The highest BCUT2D eigenvalue weighted by molar-refractivity contribution is 6.05. The monoisotopic (exact) mass is 264 g/mol. The summed E-state index contributed by atoms with van der Waals surface area (Å²) >= 11 is 0. The number of nitrogen functional groups attached to an aromatic ring is 1. The molecule has 20 heavy (non-hydrogen) atoms. The van der Waals surface area contributed by atoms with Gasteiger partial charge in [0.15, 0.2) is 0 Å². The van der Waals surface area contributed by atoms with Gasteiger partial charge in [-0.2, -0.15) is 0 Å². The number of anilines is 2. The minimum atomic E-state index is -0.332. The van der Waals surface area contributed by atoms with Crippen LogP contribution in [-0.4, -0.2) is 15.9 Å². The molecule has 0 spiro atoms. The molecule has 3 aromatic rings. The SMILES string of the molecule is Nc1ccccc1NC(=O)c1cnc2ccccc2n1. The second kappa shape index (κ2) is 4.97. The summed E-state index contributed by atoms with van der Waals surface area (Å²) in [4.78, 5) is 20.6. The highest BCUT2D eigenvalue weighted by Gasteiger charge is 2.10. The molecule has 0 unspecified atom stereocenters. The third-order valence-corrected chi connectivity index (χ3v) is 2.89. The second-order valence-electron chi connectivity index (χ2n) is 4.29. The van der Waals surface area contributed by atoms with Crippen molar-refractivity contribution in [3.63, 3.8) is 0 Å². The lowest BCUT2D eigenvalue weighted by Gasteiger charge is -2.07. The fourth-order valence-corrected chi connectivity index (χ4v) is 1.86. The van der Waals surface area contributed by atoms with Gasteiger partial charge in [0.2, 0.25) is 0 Å². The van der Waals surface area contributed by atoms with Gasteiger partial charge in [0.25, 0.3) is 5.91 Å². The lowest BCUT2D eigenvalue weighted by molar-refractivity contribution is 0.102. The largest absolute Gasteiger partial charge is 0.397 e. The molecule has 0 saturated carbocycles. The predicted octanol–water partition coefficient (Wildman–Crippen LogP) is 2.46. The number of aromatic nitrogens is 2. The van der Waals surface area contributed by atoms with Crippen LogP contribution in [0.25, 0.3) is 11.0 Å². The molecule has 2 aromatic carbocycles. The zero-order valence-electron chi connectivity index (χ0n) is 10.6. The number of nitrogens with two attached hydrogens (primary N) is 1. The van der Waals surface area contributed by atoms with Gasteiger partial charge >= 0.3 is 0 Å². The number of para-hydroxylation sites is 4. The fourth-order valence-electron chi connectivity index (χ4n) is 1.86. The van der Waals surface area contributed by atoms with Crippen LogP contribution in [0.5, 0.6) is 0 Å². The normalized spacial score (nSPS) is 10.4. The molecule has 0 aliphatic rings. The third-order valence-electron chi connectivity index (χ3n) is 2.89. The van der Waals surface area contributed by atoms with Crippen LogP contribution >= 0.6 is 0 Å². The van der Waals surface area contributed by atoms with E-state index < -0.39 is 0 Å². The number of amides is 1. The van der Waals surface area contributed by atoms with Gasteiger partial charge in [0, 0.05) is 0 Å². The highest BCUT2D eigenvalue weighted by atomic mass is 16.1. The second-order valence-corrected chi connectivity index (χ2v) is 4.29. The van der Waals surface area contributed by atoms with Gasteiger partial charge in [-0.15, -0.1) is 0 Å². The van der Waals surface area contributed by atoms with Crippen molar-refractivity contribution in [1.29, 1.82) is 0 Å². The van der Waals surface area contributed by atoms with Crippen molar-refractivity contribution in [1.82, 2.24) is 9.97 Å². The molecule has 3 N–H and O–H groups in total. The van der Waals surface area contributed by atoms with Crippen LogP contribution in [0.4, 0.5) is 11.4 Å². The summed E-state index contributed by atoms with van der Waals surface area (Å²) in [6, 6.07) is 14.5. The first-order valence-corrected chi connectivity index (χ1v) is 6.12. The van der Waals surface area contributed by atoms with Crippen molar-refractivity contribution >= 4 is 28.3 Å². The van der Waals surface area contributed by atoms with Gasteiger partial charge in [-0.05, 0) is 24.3 Å². The summed E-state index contributed by atoms with van der Waals surface area (Å²) in [5.74, 6) is -0.332. The molecule has 1 heterocycles. The van der Waals surface area contributed by atoms with E-state index in [9.17, 15) is 4.79 Å². The van der Waals surface area contributed by atoms with Crippen molar-refractivity contribution in [2.45, 2.75) is 0 Å². The summed E-state index contributed by atoms with van der Waals surface area (Å²) in [5.41, 5.74) is 8.55. The van der Waals surface area contributed by atoms with Crippen molar-refractivity contribution in [2.75, 3.05) is 11.1 Å². The zero-order valence-corrected chi connectivity index (χ0v) is 10.6. The minimum Gasteiger partial charge on any atom is -0.397 e. The van der Waals surface area contributed by atoms with E-state index in [1.165, 1.54) is 6.20 Å². The van der Waals surface area contributed by atoms with Gasteiger partial charge in [-0.25, -0.2) is 4.98 Å². The molecule has 0 saturated heterocycles. The first kappa shape index (κ1) is 12.1. The summed E-state index contributed by atoms with van der Waals surface area (Å²) in [7, 11) is 0. The molecule has 1 aromatic heterocycles. The lowest BCUT2D eigenvalue weighted by Crippen LogP contribution is -2.15. The molecule has 3 rings (SSSR count). The molecule has 0 fully saturated rings. The van der Waals surface area contributed by atoms with Crippen molar-refractivity contribution in [2.24, 2.45) is 0 Å². The molecule has 0 aliphatic carbocycles. The Morgan fingerprint density at radius 2 is 1.70 bits per heavy atom. The smallest absolute Gasteiger partial charge is 0.275 e. The molecular formula is C15H12N4O. The Kier molecular flexibility index (Phi) is 3.01. The zero-order chi connectivity index (χ0) is 13.9. The fraction of sp³-hybridized carbons (Fsp3) is 0. The summed E-state index contributed by atoms with van der Waals surface area (Å²) in [6.45, 7) is 0. The maximum atomic E-state index is 12.1. The Labute approximate surface area is 115 Å². The van der Waals surface area contributed by atoms with Crippen LogP contribution in [0.1, 0.15) is 10.5 Å². The summed E-state index contributed by atoms with van der Waals surface area (Å²) in [6.07, 6.45) is 1.46. The molecule has 0 bridgehead atoms. The van der Waals surface area contributed by atoms with Crippen molar-refractivity contribution in [3.8, 4) is 0 Å². The number of carbonyl (C=O) groups is 1. The van der Waals surface area contributed by atoms with Gasteiger partial charge in [0.05, 0.1) is 28.6 Å². The van der Waals surface area contributed by atoms with Crippen LogP contribution < -0.4 is 11.1 Å². The number of fused-ring (bicyclic) bond motifs is 1. The maximum absolute atomic E-state index is 12.1. The van der Waals surface area contributed by atoms with Gasteiger partial charge < -0.3 is 11.1 Å². The molecule has 1 amide bonds. The molecule has 0 radical (unpaired) electrons. The first-order valence-electron chi connectivity index (χ1n) is 6.12.